The first-order valence-corrected chi connectivity index (χ1v) is 8.40. The van der Waals surface area contributed by atoms with Crippen LogP contribution in [0.2, 0.25) is 0 Å². The lowest BCUT2D eigenvalue weighted by Gasteiger charge is -2.16. The summed E-state index contributed by atoms with van der Waals surface area (Å²) in [5, 5.41) is 22.2. The van der Waals surface area contributed by atoms with Crippen LogP contribution in [0.4, 0.5) is 5.82 Å². The molecule has 2 heterocycles. The lowest BCUT2D eigenvalue weighted by atomic mass is 10.1. The lowest BCUT2D eigenvalue weighted by molar-refractivity contribution is -0.0459. The monoisotopic (exact) mass is 345 g/mol. The van der Waals surface area contributed by atoms with Crippen molar-refractivity contribution in [1.29, 1.82) is 0 Å². The number of rotatable bonds is 6. The van der Waals surface area contributed by atoms with E-state index in [1.54, 1.807) is 6.20 Å². The van der Waals surface area contributed by atoms with Crippen LogP contribution >= 0.6 is 0 Å². The van der Waals surface area contributed by atoms with Crippen LogP contribution in [0, 0.1) is 6.92 Å². The maximum absolute atomic E-state index is 12.3. The van der Waals surface area contributed by atoms with Crippen molar-refractivity contribution in [3.63, 3.8) is 0 Å². The molecule has 2 aromatic rings. The normalized spacial score (nSPS) is 22.9. The van der Waals surface area contributed by atoms with E-state index < -0.39 is 24.1 Å². The number of aliphatic hydroxyl groups excluding tert-OH is 2. The summed E-state index contributed by atoms with van der Waals surface area (Å²) in [6.45, 7) is 2.26. The summed E-state index contributed by atoms with van der Waals surface area (Å²) in [7, 11) is 0. The zero-order chi connectivity index (χ0) is 17.8. The number of benzene rings is 1. The van der Waals surface area contributed by atoms with Gasteiger partial charge in [-0.2, -0.15) is 4.98 Å². The minimum Gasteiger partial charge on any atom is -0.394 e. The molecule has 1 aliphatic heterocycles. The number of hydrogen-bond donors (Lipinski definition) is 3. The largest absolute Gasteiger partial charge is 0.394 e. The smallest absolute Gasteiger partial charge is 0.351 e. The second-order valence-corrected chi connectivity index (χ2v) is 6.24. The van der Waals surface area contributed by atoms with Crippen LogP contribution < -0.4 is 11.0 Å². The minimum atomic E-state index is -0.786. The van der Waals surface area contributed by atoms with E-state index in [0.717, 1.165) is 12.0 Å². The predicted octanol–water partition coefficient (Wildman–Crippen LogP) is 0.847. The maximum atomic E-state index is 12.3. The van der Waals surface area contributed by atoms with Crippen molar-refractivity contribution in [1.82, 2.24) is 9.55 Å². The zero-order valence-corrected chi connectivity index (χ0v) is 14.1. The van der Waals surface area contributed by atoms with E-state index in [9.17, 15) is 9.90 Å². The Morgan fingerprint density at radius 1 is 1.36 bits per heavy atom. The summed E-state index contributed by atoms with van der Waals surface area (Å²) in [5.74, 6) is 0.550. The predicted molar refractivity (Wildman–Crippen MR) is 93.5 cm³/mol. The molecule has 0 aliphatic carbocycles. The van der Waals surface area contributed by atoms with Gasteiger partial charge in [0.2, 0.25) is 0 Å². The Balaban J connectivity index is 1.67. The topological polar surface area (TPSA) is 96.6 Å². The van der Waals surface area contributed by atoms with Crippen LogP contribution in [-0.4, -0.2) is 45.1 Å². The number of anilines is 1. The van der Waals surface area contributed by atoms with E-state index >= 15 is 0 Å². The Hall–Kier alpha value is -2.22. The number of aromatic nitrogens is 2. The Kier molecular flexibility index (Phi) is 5.47. The third-order valence-corrected chi connectivity index (χ3v) is 4.38. The molecule has 1 aliphatic rings. The second-order valence-electron chi connectivity index (χ2n) is 6.24. The average molecular weight is 345 g/mol. The first-order valence-electron chi connectivity index (χ1n) is 8.40. The van der Waals surface area contributed by atoms with Gasteiger partial charge >= 0.3 is 5.69 Å². The molecule has 25 heavy (non-hydrogen) atoms. The molecule has 3 atom stereocenters. The Morgan fingerprint density at radius 2 is 2.12 bits per heavy atom. The van der Waals surface area contributed by atoms with E-state index in [0.29, 0.717) is 12.4 Å². The van der Waals surface area contributed by atoms with Gasteiger partial charge < -0.3 is 20.3 Å². The highest BCUT2D eigenvalue weighted by molar-refractivity contribution is 5.41. The SMILES string of the molecule is Cc1cn([C@H]2C[C@H](O)[C@@H](CO)O2)c(=O)nc1NCCc1ccccc1. The van der Waals surface area contributed by atoms with Crippen LogP contribution in [-0.2, 0) is 11.2 Å². The first kappa shape index (κ1) is 17.6. The van der Waals surface area contributed by atoms with Gasteiger partial charge in [0, 0.05) is 24.7 Å². The number of ether oxygens (including phenoxy) is 1. The van der Waals surface area contributed by atoms with Gasteiger partial charge in [0.05, 0.1) is 12.7 Å². The molecule has 7 nitrogen and oxygen atoms in total. The highest BCUT2D eigenvalue weighted by Gasteiger charge is 2.35. The Morgan fingerprint density at radius 3 is 2.80 bits per heavy atom. The van der Waals surface area contributed by atoms with Gasteiger partial charge in [0.25, 0.3) is 0 Å². The molecule has 0 bridgehead atoms. The standard InChI is InChI=1S/C18H23N3O4/c1-12-10-21(16-9-14(23)15(11-22)25-16)18(24)20-17(12)19-8-7-13-5-3-2-4-6-13/h2-6,10,14-16,22-23H,7-9,11H2,1H3,(H,19,20,24)/t14-,15+,16+/m0/s1. The number of nitrogens with zero attached hydrogens (tertiary/aromatic N) is 2. The fourth-order valence-electron chi connectivity index (χ4n) is 2.97. The van der Waals surface area contributed by atoms with Crippen molar-refractivity contribution >= 4 is 5.82 Å². The van der Waals surface area contributed by atoms with Gasteiger partial charge in [-0.05, 0) is 18.9 Å². The molecule has 1 saturated heterocycles. The van der Waals surface area contributed by atoms with Crippen molar-refractivity contribution in [2.24, 2.45) is 0 Å². The third kappa shape index (κ3) is 4.07. The van der Waals surface area contributed by atoms with E-state index in [2.05, 4.69) is 22.4 Å². The van der Waals surface area contributed by atoms with Gasteiger partial charge in [0.15, 0.2) is 0 Å². The zero-order valence-electron chi connectivity index (χ0n) is 14.1. The summed E-state index contributed by atoms with van der Waals surface area (Å²) in [4.78, 5) is 16.4. The van der Waals surface area contributed by atoms with Crippen LogP contribution in [0.25, 0.3) is 0 Å². The van der Waals surface area contributed by atoms with Crippen LogP contribution in [0.5, 0.6) is 0 Å². The van der Waals surface area contributed by atoms with Crippen molar-refractivity contribution in [2.45, 2.75) is 38.2 Å². The van der Waals surface area contributed by atoms with Gasteiger partial charge in [-0.3, -0.25) is 4.57 Å². The lowest BCUT2D eigenvalue weighted by Crippen LogP contribution is -2.29. The summed E-state index contributed by atoms with van der Waals surface area (Å²) in [6.07, 6.45) is 0.710. The van der Waals surface area contributed by atoms with Gasteiger partial charge in [-0.15, -0.1) is 0 Å². The van der Waals surface area contributed by atoms with Gasteiger partial charge in [-0.25, -0.2) is 4.79 Å². The van der Waals surface area contributed by atoms with E-state index in [4.69, 9.17) is 9.84 Å². The Bertz CT molecular complexity index is 763. The molecule has 1 fully saturated rings. The number of aliphatic hydroxyl groups is 2. The molecule has 7 heteroatoms. The van der Waals surface area contributed by atoms with E-state index in [-0.39, 0.29) is 13.0 Å². The van der Waals surface area contributed by atoms with Crippen molar-refractivity contribution in [3.05, 3.63) is 58.1 Å². The average Bonchev–Trinajstić information content (AvgIpc) is 2.99. The maximum Gasteiger partial charge on any atom is 0.351 e. The van der Waals surface area contributed by atoms with Gasteiger partial charge in [0.1, 0.15) is 18.1 Å². The Labute approximate surface area is 145 Å². The quantitative estimate of drug-likeness (QED) is 0.718. The molecule has 3 rings (SSSR count). The summed E-state index contributed by atoms with van der Waals surface area (Å²) in [5.41, 5.74) is 1.59. The molecule has 1 aromatic carbocycles. The van der Waals surface area contributed by atoms with Crippen LogP contribution in [0.3, 0.4) is 0 Å². The fraction of sp³-hybridized carbons (Fsp3) is 0.444. The number of aryl methyl sites for hydroxylation is 1. The van der Waals surface area contributed by atoms with Crippen LogP contribution in [0.15, 0.2) is 41.3 Å². The summed E-state index contributed by atoms with van der Waals surface area (Å²) >= 11 is 0. The van der Waals surface area contributed by atoms with Crippen molar-refractivity contribution in [2.75, 3.05) is 18.5 Å². The number of hydrogen-bond acceptors (Lipinski definition) is 6. The van der Waals surface area contributed by atoms with Crippen molar-refractivity contribution in [3.8, 4) is 0 Å². The molecule has 1 aromatic heterocycles. The van der Waals surface area contributed by atoms with E-state index in [1.807, 2.05) is 25.1 Å². The van der Waals surface area contributed by atoms with E-state index in [1.165, 1.54) is 10.1 Å². The molecule has 0 amide bonds. The third-order valence-electron chi connectivity index (χ3n) is 4.38. The molecule has 3 N–H and O–H groups in total. The molecular weight excluding hydrogens is 322 g/mol. The molecular formula is C18H23N3O4. The van der Waals surface area contributed by atoms with Gasteiger partial charge in [-0.1, -0.05) is 30.3 Å². The molecule has 0 spiro atoms. The summed E-state index contributed by atoms with van der Waals surface area (Å²) in [6, 6.07) is 10.1. The summed E-state index contributed by atoms with van der Waals surface area (Å²) < 4.78 is 6.90. The van der Waals surface area contributed by atoms with Crippen molar-refractivity contribution < 1.29 is 14.9 Å². The molecule has 0 radical (unpaired) electrons. The molecule has 134 valence electrons. The molecule has 0 unspecified atom stereocenters. The fourth-order valence-corrected chi connectivity index (χ4v) is 2.97. The number of nitrogens with one attached hydrogen (secondary N) is 1. The minimum absolute atomic E-state index is 0.257. The second kappa shape index (κ2) is 7.77. The molecule has 0 saturated carbocycles. The highest BCUT2D eigenvalue weighted by Crippen LogP contribution is 2.27. The first-order chi connectivity index (χ1) is 12.1. The van der Waals surface area contributed by atoms with Crippen LogP contribution in [0.1, 0.15) is 23.8 Å². The highest BCUT2D eigenvalue weighted by atomic mass is 16.5.